The first-order valence-corrected chi connectivity index (χ1v) is 8.39. The summed E-state index contributed by atoms with van der Waals surface area (Å²) in [7, 11) is 0. The average Bonchev–Trinajstić information content (AvgIpc) is 3.09. The predicted molar refractivity (Wildman–Crippen MR) is 97.4 cm³/mol. The monoisotopic (exact) mass is 398 g/mol. The number of halogens is 1. The second-order valence-electron chi connectivity index (χ2n) is 5.37. The van der Waals surface area contributed by atoms with Gasteiger partial charge in [-0.2, -0.15) is 4.98 Å². The van der Waals surface area contributed by atoms with Crippen LogP contribution in [0.2, 0.25) is 0 Å². The molecule has 6 heteroatoms. The van der Waals surface area contributed by atoms with Gasteiger partial charge in [0.25, 0.3) is 5.89 Å². The van der Waals surface area contributed by atoms with Gasteiger partial charge in [0.2, 0.25) is 5.82 Å². The van der Waals surface area contributed by atoms with E-state index in [1.165, 1.54) is 6.08 Å². The molecule has 0 aliphatic heterocycles. The molecule has 0 N–H and O–H groups in total. The van der Waals surface area contributed by atoms with Gasteiger partial charge < -0.3 is 9.26 Å². The predicted octanol–water partition coefficient (Wildman–Crippen LogP) is 4.56. The summed E-state index contributed by atoms with van der Waals surface area (Å²) in [6.07, 6.45) is 3.07. The van der Waals surface area contributed by atoms with Crippen molar-refractivity contribution in [2.24, 2.45) is 0 Å². The molecule has 2 aromatic carbocycles. The Morgan fingerprint density at radius 1 is 1.16 bits per heavy atom. The Labute approximate surface area is 153 Å². The van der Waals surface area contributed by atoms with Crippen LogP contribution >= 0.6 is 15.9 Å². The lowest BCUT2D eigenvalue weighted by molar-refractivity contribution is -0.139. The summed E-state index contributed by atoms with van der Waals surface area (Å²) in [5.41, 5.74) is 2.92. The lowest BCUT2D eigenvalue weighted by Gasteiger charge is -1.97. The zero-order valence-corrected chi connectivity index (χ0v) is 15.1. The third-order valence-corrected chi connectivity index (χ3v) is 3.93. The SMILES string of the molecule is Cc1ccc(C=CC(=O)OCc2nc(-c3ccc(Br)cc3)no2)cc1. The maximum absolute atomic E-state index is 11.8. The van der Waals surface area contributed by atoms with Crippen LogP contribution in [0, 0.1) is 6.92 Å². The summed E-state index contributed by atoms with van der Waals surface area (Å²) < 4.78 is 11.2. The van der Waals surface area contributed by atoms with Gasteiger partial charge in [0.15, 0.2) is 6.61 Å². The Balaban J connectivity index is 1.55. The first-order valence-electron chi connectivity index (χ1n) is 7.60. The number of rotatable bonds is 5. The van der Waals surface area contributed by atoms with Crippen LogP contribution in [0.25, 0.3) is 17.5 Å². The fraction of sp³-hybridized carbons (Fsp3) is 0.105. The summed E-state index contributed by atoms with van der Waals surface area (Å²) in [5.74, 6) is 0.229. The quantitative estimate of drug-likeness (QED) is 0.465. The van der Waals surface area contributed by atoms with Crippen molar-refractivity contribution in [1.82, 2.24) is 10.1 Å². The van der Waals surface area contributed by atoms with Crippen molar-refractivity contribution < 1.29 is 14.1 Å². The Bertz CT molecular complexity index is 884. The Hall–Kier alpha value is -2.73. The van der Waals surface area contributed by atoms with Crippen LogP contribution in [0.5, 0.6) is 0 Å². The highest BCUT2D eigenvalue weighted by Gasteiger charge is 2.10. The van der Waals surface area contributed by atoms with Crippen LogP contribution in [-0.2, 0) is 16.1 Å². The molecule has 0 radical (unpaired) electrons. The second kappa shape index (κ2) is 7.90. The first-order chi connectivity index (χ1) is 12.1. The van der Waals surface area contributed by atoms with Gasteiger partial charge in [-0.25, -0.2) is 4.79 Å². The minimum Gasteiger partial charge on any atom is -0.452 e. The third-order valence-electron chi connectivity index (χ3n) is 3.40. The van der Waals surface area contributed by atoms with Crippen molar-refractivity contribution in [1.29, 1.82) is 0 Å². The minimum atomic E-state index is -0.469. The van der Waals surface area contributed by atoms with Crippen molar-refractivity contribution in [3.05, 3.63) is 76.1 Å². The molecule has 3 aromatic rings. The van der Waals surface area contributed by atoms with Crippen LogP contribution in [0.4, 0.5) is 0 Å². The molecule has 0 bridgehead atoms. The Kier molecular flexibility index (Phi) is 5.40. The van der Waals surface area contributed by atoms with E-state index < -0.39 is 5.97 Å². The minimum absolute atomic E-state index is 0.0689. The molecule has 0 aliphatic carbocycles. The lowest BCUT2D eigenvalue weighted by Crippen LogP contribution is -2.00. The van der Waals surface area contributed by atoms with Gasteiger partial charge >= 0.3 is 5.97 Å². The molecule has 5 nitrogen and oxygen atoms in total. The summed E-state index contributed by atoms with van der Waals surface area (Å²) in [6.45, 7) is 1.94. The van der Waals surface area contributed by atoms with Crippen LogP contribution in [0.1, 0.15) is 17.0 Å². The molecule has 126 valence electrons. The van der Waals surface area contributed by atoms with Gasteiger partial charge in [0.1, 0.15) is 0 Å². The number of aromatic nitrogens is 2. The average molecular weight is 399 g/mol. The van der Waals surface area contributed by atoms with Gasteiger partial charge in [-0.1, -0.05) is 50.9 Å². The van der Waals surface area contributed by atoms with Crippen LogP contribution < -0.4 is 0 Å². The van der Waals surface area contributed by atoms with Crippen LogP contribution in [0.15, 0.2) is 63.6 Å². The van der Waals surface area contributed by atoms with Crippen molar-refractivity contribution in [2.45, 2.75) is 13.5 Å². The number of hydrogen-bond acceptors (Lipinski definition) is 5. The number of carbonyl (C=O) groups is 1. The molecular formula is C19H15BrN2O3. The maximum atomic E-state index is 11.8. The number of nitrogens with zero attached hydrogens (tertiary/aromatic N) is 2. The van der Waals surface area contributed by atoms with Gasteiger partial charge in [0.05, 0.1) is 0 Å². The van der Waals surface area contributed by atoms with E-state index in [0.29, 0.717) is 5.82 Å². The fourth-order valence-electron chi connectivity index (χ4n) is 2.05. The van der Waals surface area contributed by atoms with Gasteiger partial charge in [-0.05, 0) is 42.8 Å². The van der Waals surface area contributed by atoms with Crippen LogP contribution in [-0.4, -0.2) is 16.1 Å². The summed E-state index contributed by atoms with van der Waals surface area (Å²) in [4.78, 5) is 16.0. The van der Waals surface area contributed by atoms with E-state index in [1.54, 1.807) is 6.08 Å². The number of ether oxygens (including phenoxy) is 1. The van der Waals surface area contributed by atoms with Crippen molar-refractivity contribution in [3.63, 3.8) is 0 Å². The maximum Gasteiger partial charge on any atom is 0.331 e. The summed E-state index contributed by atoms with van der Waals surface area (Å²) in [5, 5.41) is 3.89. The third kappa shape index (κ3) is 4.87. The van der Waals surface area contributed by atoms with Crippen molar-refractivity contribution in [3.8, 4) is 11.4 Å². The van der Waals surface area contributed by atoms with E-state index in [2.05, 4.69) is 26.1 Å². The topological polar surface area (TPSA) is 65.2 Å². The number of esters is 1. The highest BCUT2D eigenvalue weighted by atomic mass is 79.9. The lowest BCUT2D eigenvalue weighted by atomic mass is 10.1. The molecule has 0 aliphatic rings. The van der Waals surface area contributed by atoms with E-state index in [0.717, 1.165) is 21.2 Å². The number of aryl methyl sites for hydroxylation is 1. The molecule has 1 heterocycles. The molecule has 0 saturated heterocycles. The smallest absolute Gasteiger partial charge is 0.331 e. The number of benzene rings is 2. The molecular weight excluding hydrogens is 384 g/mol. The highest BCUT2D eigenvalue weighted by Crippen LogP contribution is 2.19. The van der Waals surface area contributed by atoms with Crippen LogP contribution in [0.3, 0.4) is 0 Å². The fourth-order valence-corrected chi connectivity index (χ4v) is 2.32. The Morgan fingerprint density at radius 2 is 1.88 bits per heavy atom. The molecule has 0 atom stereocenters. The van der Waals surface area contributed by atoms with Gasteiger partial charge in [0, 0.05) is 16.1 Å². The summed E-state index contributed by atoms with van der Waals surface area (Å²) in [6, 6.07) is 15.3. The van der Waals surface area contributed by atoms with Crippen molar-refractivity contribution in [2.75, 3.05) is 0 Å². The molecule has 0 saturated carbocycles. The molecule has 25 heavy (non-hydrogen) atoms. The zero-order chi connectivity index (χ0) is 17.6. The molecule has 3 rings (SSSR count). The molecule has 0 amide bonds. The normalized spacial score (nSPS) is 11.0. The van der Waals surface area contributed by atoms with E-state index in [4.69, 9.17) is 9.26 Å². The molecule has 0 fully saturated rings. The highest BCUT2D eigenvalue weighted by molar-refractivity contribution is 9.10. The van der Waals surface area contributed by atoms with Crippen molar-refractivity contribution >= 4 is 28.0 Å². The molecule has 1 aromatic heterocycles. The number of carbonyl (C=O) groups excluding carboxylic acids is 1. The van der Waals surface area contributed by atoms with E-state index >= 15 is 0 Å². The first kappa shape index (κ1) is 17.1. The van der Waals surface area contributed by atoms with Gasteiger partial charge in [-0.3, -0.25) is 0 Å². The zero-order valence-electron chi connectivity index (χ0n) is 13.5. The second-order valence-corrected chi connectivity index (χ2v) is 6.29. The standard InChI is InChI=1S/C19H15BrN2O3/c1-13-2-4-14(5-3-13)6-11-18(23)24-12-17-21-19(22-25-17)15-7-9-16(20)10-8-15/h2-11H,12H2,1H3. The largest absolute Gasteiger partial charge is 0.452 e. The summed E-state index contributed by atoms with van der Waals surface area (Å²) >= 11 is 3.37. The molecule has 0 unspecified atom stereocenters. The van der Waals surface area contributed by atoms with Gasteiger partial charge in [-0.15, -0.1) is 0 Å². The Morgan fingerprint density at radius 3 is 2.60 bits per heavy atom. The molecule has 0 spiro atoms. The van der Waals surface area contributed by atoms with E-state index in [1.807, 2.05) is 55.5 Å². The van der Waals surface area contributed by atoms with E-state index in [9.17, 15) is 4.79 Å². The van der Waals surface area contributed by atoms with E-state index in [-0.39, 0.29) is 12.5 Å². The number of hydrogen-bond donors (Lipinski definition) is 0.